The molecule has 1 spiro atoms. The number of halogens is 2. The van der Waals surface area contributed by atoms with E-state index in [1.165, 1.54) is 22.7 Å². The van der Waals surface area contributed by atoms with Crippen molar-refractivity contribution in [2.75, 3.05) is 44.0 Å². The van der Waals surface area contributed by atoms with Crippen molar-refractivity contribution in [3.8, 4) is 0 Å². The standard InChI is InChI=1S/C23H27ClIN7O3S/c1-34-9-8-32-12-29-13-2-3-14(17(24)16(13)22(32)33)36-21-20(27)30-15(10-28-21)31-6-4-23(5-7-31)11-35-19(25)18(23)26/h2-3,10,12,18-19H,4-9,11,26H2,1H3,(H2,27,30)/t18-,19-/m1/s1. The number of benzene rings is 1. The van der Waals surface area contributed by atoms with Crippen LogP contribution in [0, 0.1) is 5.41 Å². The number of rotatable bonds is 6. The van der Waals surface area contributed by atoms with Crippen molar-refractivity contribution in [3.63, 3.8) is 0 Å². The maximum atomic E-state index is 13.0. The number of piperidine rings is 1. The molecule has 4 heterocycles. The van der Waals surface area contributed by atoms with Crippen LogP contribution in [0.1, 0.15) is 12.8 Å². The molecule has 192 valence electrons. The highest BCUT2D eigenvalue weighted by atomic mass is 127. The molecule has 2 saturated heterocycles. The number of aromatic nitrogens is 4. The fourth-order valence-electron chi connectivity index (χ4n) is 4.71. The van der Waals surface area contributed by atoms with Gasteiger partial charge >= 0.3 is 0 Å². The first-order valence-corrected chi connectivity index (χ1v) is 14.0. The van der Waals surface area contributed by atoms with E-state index in [-0.39, 0.29) is 21.1 Å². The molecule has 0 unspecified atom stereocenters. The second kappa shape index (κ2) is 10.6. The summed E-state index contributed by atoms with van der Waals surface area (Å²) in [6.45, 7) is 3.13. The van der Waals surface area contributed by atoms with Gasteiger partial charge in [0.1, 0.15) is 15.0 Å². The van der Waals surface area contributed by atoms with Gasteiger partial charge < -0.3 is 25.8 Å². The lowest BCUT2D eigenvalue weighted by atomic mass is 9.75. The number of nitrogens with zero attached hydrogens (tertiary/aromatic N) is 5. The Balaban J connectivity index is 1.34. The van der Waals surface area contributed by atoms with Crippen LogP contribution in [0.25, 0.3) is 10.9 Å². The Morgan fingerprint density at radius 3 is 2.78 bits per heavy atom. The molecule has 0 bridgehead atoms. The van der Waals surface area contributed by atoms with Gasteiger partial charge in [-0.3, -0.25) is 9.36 Å². The average molecular weight is 644 g/mol. The van der Waals surface area contributed by atoms with Crippen molar-refractivity contribution in [2.45, 2.75) is 39.5 Å². The van der Waals surface area contributed by atoms with Crippen molar-refractivity contribution < 1.29 is 9.47 Å². The van der Waals surface area contributed by atoms with E-state index in [1.54, 1.807) is 19.4 Å². The van der Waals surface area contributed by atoms with E-state index in [2.05, 4.69) is 42.4 Å². The highest BCUT2D eigenvalue weighted by Crippen LogP contribution is 2.44. The van der Waals surface area contributed by atoms with Gasteiger partial charge in [-0.15, -0.1) is 0 Å². The first-order valence-electron chi connectivity index (χ1n) is 11.6. The second-order valence-electron chi connectivity index (χ2n) is 9.07. The van der Waals surface area contributed by atoms with Gasteiger partial charge in [0.25, 0.3) is 5.56 Å². The normalized spacial score (nSPS) is 21.5. The molecule has 2 aliphatic rings. The van der Waals surface area contributed by atoms with E-state index in [0.29, 0.717) is 51.4 Å². The molecule has 2 aliphatic heterocycles. The molecular weight excluding hydrogens is 617 g/mol. The second-order valence-corrected chi connectivity index (χ2v) is 11.7. The van der Waals surface area contributed by atoms with Gasteiger partial charge in [-0.2, -0.15) is 0 Å². The quantitative estimate of drug-likeness (QED) is 0.305. The van der Waals surface area contributed by atoms with Crippen LogP contribution in [0.15, 0.2) is 39.4 Å². The Morgan fingerprint density at radius 2 is 2.11 bits per heavy atom. The van der Waals surface area contributed by atoms with Crippen molar-refractivity contribution in [1.29, 1.82) is 0 Å². The number of nitrogens with two attached hydrogens (primary N) is 2. The summed E-state index contributed by atoms with van der Waals surface area (Å²) in [5.41, 5.74) is 13.1. The van der Waals surface area contributed by atoms with Gasteiger partial charge in [0, 0.05) is 36.6 Å². The van der Waals surface area contributed by atoms with Crippen LogP contribution in [0.4, 0.5) is 11.6 Å². The van der Waals surface area contributed by atoms with Gasteiger partial charge in [-0.05, 0) is 47.6 Å². The van der Waals surface area contributed by atoms with Gasteiger partial charge in [-0.25, -0.2) is 15.0 Å². The number of ether oxygens (including phenoxy) is 2. The summed E-state index contributed by atoms with van der Waals surface area (Å²) in [5.74, 6) is 1.05. The number of anilines is 2. The molecule has 0 amide bonds. The third kappa shape index (κ3) is 4.78. The molecule has 1 aromatic carbocycles. The highest BCUT2D eigenvalue weighted by molar-refractivity contribution is 14.1. The highest BCUT2D eigenvalue weighted by Gasteiger charge is 2.48. The monoisotopic (exact) mass is 643 g/mol. The molecule has 0 aliphatic carbocycles. The zero-order valence-corrected chi connectivity index (χ0v) is 23.4. The Hall–Kier alpha value is -1.71. The fraction of sp³-hybridized carbons (Fsp3) is 0.478. The molecule has 0 radical (unpaired) electrons. The molecule has 13 heteroatoms. The Labute approximate surface area is 231 Å². The van der Waals surface area contributed by atoms with Gasteiger partial charge in [-0.1, -0.05) is 23.4 Å². The van der Waals surface area contributed by atoms with E-state index < -0.39 is 0 Å². The van der Waals surface area contributed by atoms with Crippen LogP contribution >= 0.6 is 46.0 Å². The Morgan fingerprint density at radius 1 is 1.33 bits per heavy atom. The number of alkyl halides is 1. The minimum Gasteiger partial charge on any atom is -0.383 e. The SMILES string of the molecule is COCCn1cnc2ccc(Sc3ncc(N4CCC5(CC4)CO[C@@H](I)[C@H]5N)nc3N)c(Cl)c2c1=O. The topological polar surface area (TPSA) is 134 Å². The minimum absolute atomic E-state index is 0.0287. The van der Waals surface area contributed by atoms with Crippen molar-refractivity contribution in [3.05, 3.63) is 40.0 Å². The number of nitrogen functional groups attached to an aromatic ring is 1. The largest absolute Gasteiger partial charge is 0.383 e. The molecule has 2 atom stereocenters. The van der Waals surface area contributed by atoms with Gasteiger partial charge in [0.2, 0.25) is 0 Å². The van der Waals surface area contributed by atoms with Crippen LogP contribution in [0.3, 0.4) is 0 Å². The summed E-state index contributed by atoms with van der Waals surface area (Å²) in [6, 6.07) is 3.62. The lowest BCUT2D eigenvalue weighted by molar-refractivity contribution is 0.127. The molecule has 36 heavy (non-hydrogen) atoms. The predicted molar refractivity (Wildman–Crippen MR) is 149 cm³/mol. The summed E-state index contributed by atoms with van der Waals surface area (Å²) in [6.07, 6.45) is 5.12. The molecule has 4 N–H and O–H groups in total. The lowest BCUT2D eigenvalue weighted by Crippen LogP contribution is -2.50. The maximum Gasteiger partial charge on any atom is 0.262 e. The predicted octanol–water partition coefficient (Wildman–Crippen LogP) is 2.92. The van der Waals surface area contributed by atoms with Crippen LogP contribution in [-0.2, 0) is 16.0 Å². The summed E-state index contributed by atoms with van der Waals surface area (Å²) < 4.78 is 12.4. The van der Waals surface area contributed by atoms with E-state index >= 15 is 0 Å². The number of fused-ring (bicyclic) bond motifs is 1. The smallest absolute Gasteiger partial charge is 0.262 e. The van der Waals surface area contributed by atoms with Crippen LogP contribution < -0.4 is 21.9 Å². The minimum atomic E-state index is -0.219. The summed E-state index contributed by atoms with van der Waals surface area (Å²) in [5, 5.41) is 1.20. The Bertz CT molecular complexity index is 1340. The molecule has 0 saturated carbocycles. The maximum absolute atomic E-state index is 13.0. The molecule has 10 nitrogen and oxygen atoms in total. The molecule has 2 fully saturated rings. The zero-order chi connectivity index (χ0) is 25.4. The summed E-state index contributed by atoms with van der Waals surface area (Å²) >= 11 is 10.2. The summed E-state index contributed by atoms with van der Waals surface area (Å²) in [7, 11) is 1.58. The van der Waals surface area contributed by atoms with E-state index in [4.69, 9.17) is 32.5 Å². The number of methoxy groups -OCH3 is 1. The van der Waals surface area contributed by atoms with Crippen LogP contribution in [-0.4, -0.2) is 63.1 Å². The fourth-order valence-corrected chi connectivity index (χ4v) is 6.80. The summed E-state index contributed by atoms with van der Waals surface area (Å²) in [4.78, 5) is 29.4. The first-order chi connectivity index (χ1) is 17.3. The molecule has 5 rings (SSSR count). The van der Waals surface area contributed by atoms with Crippen LogP contribution in [0.5, 0.6) is 0 Å². The van der Waals surface area contributed by atoms with E-state index in [9.17, 15) is 4.79 Å². The van der Waals surface area contributed by atoms with E-state index in [1.807, 2.05) is 6.07 Å². The molecular formula is C23H27ClIN7O3S. The average Bonchev–Trinajstić information content (AvgIpc) is 3.15. The van der Waals surface area contributed by atoms with Crippen molar-refractivity contribution in [2.24, 2.45) is 11.1 Å². The van der Waals surface area contributed by atoms with Crippen LogP contribution in [0.2, 0.25) is 5.02 Å². The zero-order valence-electron chi connectivity index (χ0n) is 19.7. The van der Waals surface area contributed by atoms with Crippen molar-refractivity contribution >= 4 is 68.5 Å². The number of hydrogen-bond donors (Lipinski definition) is 2. The number of hydrogen-bond acceptors (Lipinski definition) is 10. The lowest BCUT2D eigenvalue weighted by Gasteiger charge is -2.41. The molecule has 3 aromatic rings. The van der Waals surface area contributed by atoms with Gasteiger partial charge in [0.05, 0.1) is 48.2 Å². The third-order valence-electron chi connectivity index (χ3n) is 6.99. The third-order valence-corrected chi connectivity index (χ3v) is 9.70. The first kappa shape index (κ1) is 25.9. The van der Waals surface area contributed by atoms with Crippen molar-refractivity contribution in [1.82, 2.24) is 19.5 Å². The van der Waals surface area contributed by atoms with Gasteiger partial charge in [0.15, 0.2) is 5.82 Å². The molecule has 2 aromatic heterocycles. The Kier molecular flexibility index (Phi) is 7.61. The van der Waals surface area contributed by atoms with E-state index in [0.717, 1.165) is 31.7 Å².